The van der Waals surface area contributed by atoms with Crippen molar-refractivity contribution < 1.29 is 62.0 Å². The molecule has 17 nitrogen and oxygen atoms in total. The Bertz CT molecular complexity index is 2940. The molecule has 0 radical (unpaired) electrons. The topological polar surface area (TPSA) is 238 Å². The SMILES string of the molecule is COC(=O)CCc1c(Cc2[nH]c(C(=O)OCc3ccccc3)c(C)c2CCC(=O)OC)[nH]c(Cc2[nH]c(C(=O)c3[nH]c(C(=O)OCc4ccccc4)c(C)c3CCC(=O)OC)c(C)c2CCC(=O)OC)c1C. The van der Waals surface area contributed by atoms with Crippen LogP contribution in [0.1, 0.15) is 141 Å². The summed E-state index contributed by atoms with van der Waals surface area (Å²) in [6.07, 6.45) is 1.39. The van der Waals surface area contributed by atoms with E-state index in [1.54, 1.807) is 20.8 Å². The molecule has 0 aliphatic heterocycles. The Morgan fingerprint density at radius 3 is 1.18 bits per heavy atom. The van der Waals surface area contributed by atoms with Crippen molar-refractivity contribution in [2.75, 3.05) is 28.4 Å². The van der Waals surface area contributed by atoms with Crippen LogP contribution in [0.5, 0.6) is 0 Å². The van der Waals surface area contributed by atoms with E-state index in [2.05, 4.69) is 19.9 Å². The molecular weight excluding hydrogens is 925 g/mol. The van der Waals surface area contributed by atoms with Gasteiger partial charge in [0, 0.05) is 61.3 Å². The van der Waals surface area contributed by atoms with Gasteiger partial charge in [0.1, 0.15) is 24.6 Å². The molecule has 0 fully saturated rings. The molecule has 0 spiro atoms. The number of hydrogen-bond acceptors (Lipinski definition) is 13. The van der Waals surface area contributed by atoms with Gasteiger partial charge in [0.15, 0.2) is 0 Å². The highest BCUT2D eigenvalue weighted by atomic mass is 16.5. The van der Waals surface area contributed by atoms with Crippen LogP contribution in [0.4, 0.5) is 0 Å². The molecule has 17 heteroatoms. The van der Waals surface area contributed by atoms with Crippen LogP contribution in [-0.4, -0.2) is 90.0 Å². The molecule has 6 rings (SSSR count). The number of hydrogen-bond donors (Lipinski definition) is 4. The molecule has 0 saturated heterocycles. The van der Waals surface area contributed by atoms with E-state index in [1.807, 2.05) is 67.6 Å². The van der Waals surface area contributed by atoms with E-state index in [0.717, 1.165) is 39.2 Å². The lowest BCUT2D eigenvalue weighted by Crippen LogP contribution is -2.10. The van der Waals surface area contributed by atoms with E-state index < -0.39 is 41.6 Å². The van der Waals surface area contributed by atoms with E-state index in [-0.39, 0.29) is 93.8 Å². The zero-order valence-corrected chi connectivity index (χ0v) is 42.1. The average molecular weight is 987 g/mol. The first-order valence-electron chi connectivity index (χ1n) is 23.6. The van der Waals surface area contributed by atoms with Gasteiger partial charge in [-0.1, -0.05) is 60.7 Å². The summed E-state index contributed by atoms with van der Waals surface area (Å²) in [5.74, 6) is -3.50. The third-order valence-corrected chi connectivity index (χ3v) is 13.1. The summed E-state index contributed by atoms with van der Waals surface area (Å²) in [5, 5.41) is 0. The Labute approximate surface area is 417 Å². The Morgan fingerprint density at radius 1 is 0.389 bits per heavy atom. The lowest BCUT2D eigenvalue weighted by atomic mass is 9.97. The number of ether oxygens (including phenoxy) is 6. The van der Waals surface area contributed by atoms with Gasteiger partial charge < -0.3 is 48.4 Å². The first-order chi connectivity index (χ1) is 34.6. The zero-order chi connectivity index (χ0) is 52.1. The van der Waals surface area contributed by atoms with Crippen LogP contribution in [0, 0.1) is 27.7 Å². The summed E-state index contributed by atoms with van der Waals surface area (Å²) >= 11 is 0. The number of aromatic amines is 4. The van der Waals surface area contributed by atoms with Crippen molar-refractivity contribution in [2.24, 2.45) is 0 Å². The molecule has 72 heavy (non-hydrogen) atoms. The van der Waals surface area contributed by atoms with Gasteiger partial charge in [0.05, 0.1) is 39.8 Å². The molecule has 2 aromatic carbocycles. The molecule has 0 bridgehead atoms. The molecular formula is C55H62N4O13. The molecule has 4 N–H and O–H groups in total. The first kappa shape index (κ1) is 53.4. The summed E-state index contributed by atoms with van der Waals surface area (Å²) in [6.45, 7) is 7.24. The highest BCUT2D eigenvalue weighted by Crippen LogP contribution is 2.32. The van der Waals surface area contributed by atoms with Crippen LogP contribution in [0.2, 0.25) is 0 Å². The Kier molecular flexibility index (Phi) is 18.4. The Hall–Kier alpha value is -7.95. The number of benzene rings is 2. The van der Waals surface area contributed by atoms with Gasteiger partial charge in [-0.3, -0.25) is 24.0 Å². The molecule has 0 atom stereocenters. The molecule has 0 aliphatic rings. The van der Waals surface area contributed by atoms with E-state index >= 15 is 0 Å². The molecule has 0 aliphatic carbocycles. The zero-order valence-electron chi connectivity index (χ0n) is 42.1. The van der Waals surface area contributed by atoms with Gasteiger partial charge in [-0.15, -0.1) is 0 Å². The number of nitrogens with one attached hydrogen (secondary N) is 4. The van der Waals surface area contributed by atoms with E-state index in [9.17, 15) is 33.6 Å². The standard InChI is InChI=1S/C55H62N4O13/c1-31-37(19-23-45(60)67-5)42(28-44-39(21-25-47(62)69-7)33(3)50(58-44)54(65)71-29-35-15-11-9-12-16-35)56-41(31)27-43-38(20-24-46(61)68-6)32(2)49(57-43)53(64)52-40(22-26-48(63)70-8)34(4)51(59-52)55(66)72-30-36-17-13-10-14-18-36/h9-18,56-59H,19-30H2,1-8H3. The van der Waals surface area contributed by atoms with Crippen LogP contribution < -0.4 is 0 Å². The second-order valence-corrected chi connectivity index (χ2v) is 17.4. The van der Waals surface area contributed by atoms with Gasteiger partial charge in [-0.25, -0.2) is 9.59 Å². The number of carbonyl (C=O) groups excluding carboxylic acids is 7. The quantitative estimate of drug-likeness (QED) is 0.0258. The molecule has 0 unspecified atom stereocenters. The fraction of sp³-hybridized carbons (Fsp3) is 0.364. The fourth-order valence-electron chi connectivity index (χ4n) is 8.96. The van der Waals surface area contributed by atoms with E-state index in [0.29, 0.717) is 45.6 Å². The molecule has 4 aromatic heterocycles. The average Bonchev–Trinajstić information content (AvgIpc) is 4.09. The molecule has 6 aromatic rings. The lowest BCUT2D eigenvalue weighted by molar-refractivity contribution is -0.141. The van der Waals surface area contributed by atoms with Crippen LogP contribution >= 0.6 is 0 Å². The van der Waals surface area contributed by atoms with Gasteiger partial charge in [0.25, 0.3) is 0 Å². The largest absolute Gasteiger partial charge is 0.469 e. The fourth-order valence-corrected chi connectivity index (χ4v) is 8.96. The number of methoxy groups -OCH3 is 4. The monoisotopic (exact) mass is 986 g/mol. The minimum Gasteiger partial charge on any atom is -0.469 e. The number of H-pyrrole nitrogens is 4. The van der Waals surface area contributed by atoms with Gasteiger partial charge in [0.2, 0.25) is 5.78 Å². The van der Waals surface area contributed by atoms with Crippen molar-refractivity contribution in [3.8, 4) is 0 Å². The smallest absolute Gasteiger partial charge is 0.355 e. The second kappa shape index (κ2) is 24.7. The van der Waals surface area contributed by atoms with Gasteiger partial charge >= 0.3 is 35.8 Å². The number of rotatable bonds is 24. The minimum atomic E-state index is -0.678. The van der Waals surface area contributed by atoms with Crippen molar-refractivity contribution in [1.82, 2.24) is 19.9 Å². The highest BCUT2D eigenvalue weighted by molar-refractivity contribution is 6.10. The summed E-state index contributed by atoms with van der Waals surface area (Å²) in [4.78, 5) is 105. The molecule has 4 heterocycles. The molecule has 0 saturated carbocycles. The first-order valence-corrected chi connectivity index (χ1v) is 23.6. The predicted octanol–water partition coefficient (Wildman–Crippen LogP) is 7.78. The lowest BCUT2D eigenvalue weighted by Gasteiger charge is -2.08. The van der Waals surface area contributed by atoms with Crippen molar-refractivity contribution in [3.63, 3.8) is 0 Å². The van der Waals surface area contributed by atoms with Crippen molar-refractivity contribution in [2.45, 2.75) is 105 Å². The van der Waals surface area contributed by atoms with E-state index in [4.69, 9.17) is 28.4 Å². The normalized spacial score (nSPS) is 11.0. The molecule has 0 amide bonds. The minimum absolute atomic E-state index is 0.00208. The Balaban J connectivity index is 1.40. The van der Waals surface area contributed by atoms with E-state index in [1.165, 1.54) is 28.4 Å². The highest BCUT2D eigenvalue weighted by Gasteiger charge is 2.30. The van der Waals surface area contributed by atoms with Crippen LogP contribution in [0.3, 0.4) is 0 Å². The number of ketones is 1. The summed E-state index contributed by atoms with van der Waals surface area (Å²) in [5.41, 5.74) is 10.1. The van der Waals surface area contributed by atoms with Gasteiger partial charge in [-0.05, 0) is 109 Å². The summed E-state index contributed by atoms with van der Waals surface area (Å²) in [7, 11) is 5.22. The summed E-state index contributed by atoms with van der Waals surface area (Å²) in [6, 6.07) is 18.5. The third kappa shape index (κ3) is 12.9. The maximum absolute atomic E-state index is 14.9. The number of carbonyl (C=O) groups is 7. The maximum atomic E-state index is 14.9. The second-order valence-electron chi connectivity index (χ2n) is 17.4. The summed E-state index contributed by atoms with van der Waals surface area (Å²) < 4.78 is 31.3. The number of esters is 6. The van der Waals surface area contributed by atoms with Gasteiger partial charge in [-0.2, -0.15) is 0 Å². The third-order valence-electron chi connectivity index (χ3n) is 13.1. The maximum Gasteiger partial charge on any atom is 0.355 e. The predicted molar refractivity (Wildman–Crippen MR) is 264 cm³/mol. The number of aromatic nitrogens is 4. The van der Waals surface area contributed by atoms with Crippen molar-refractivity contribution in [1.29, 1.82) is 0 Å². The molecule has 380 valence electrons. The van der Waals surface area contributed by atoms with Crippen LogP contribution in [0.25, 0.3) is 0 Å². The Morgan fingerprint density at radius 2 is 0.736 bits per heavy atom. The van der Waals surface area contributed by atoms with Crippen molar-refractivity contribution >= 4 is 41.6 Å². The van der Waals surface area contributed by atoms with Crippen molar-refractivity contribution in [3.05, 3.63) is 162 Å². The van der Waals surface area contributed by atoms with Crippen LogP contribution in [0.15, 0.2) is 60.7 Å². The van der Waals surface area contributed by atoms with Crippen LogP contribution in [-0.2, 0) is 99.3 Å².